The molecule has 238 valence electrons. The third kappa shape index (κ3) is 6.12. The molecule has 1 N–H and O–H groups in total. The summed E-state index contributed by atoms with van der Waals surface area (Å²) >= 11 is 1.48. The maximum Gasteiger partial charge on any atom is 0.251 e. The van der Waals surface area contributed by atoms with E-state index < -0.39 is 41.6 Å². The summed E-state index contributed by atoms with van der Waals surface area (Å²) in [6.45, 7) is 7.61. The van der Waals surface area contributed by atoms with E-state index in [1.54, 1.807) is 17.0 Å². The van der Waals surface area contributed by atoms with Crippen LogP contribution in [0.2, 0.25) is 0 Å². The molecule has 0 aliphatic carbocycles. The lowest BCUT2D eigenvalue weighted by molar-refractivity contribution is -0.227. The molecule has 1 aromatic heterocycles. The molecule has 13 nitrogen and oxygen atoms in total. The van der Waals surface area contributed by atoms with Gasteiger partial charge in [0.1, 0.15) is 18.5 Å². The molecule has 4 unspecified atom stereocenters. The largest absolute Gasteiger partial charge is 0.370 e. The molecule has 0 radical (unpaired) electrons. The van der Waals surface area contributed by atoms with Gasteiger partial charge in [-0.05, 0) is 36.7 Å². The number of benzene rings is 1. The average molecular weight is 631 g/mol. The van der Waals surface area contributed by atoms with Crippen molar-refractivity contribution in [2.75, 3.05) is 72.0 Å². The summed E-state index contributed by atoms with van der Waals surface area (Å²) in [4.78, 5) is 40.7. The number of aromatic nitrogens is 1. The minimum absolute atomic E-state index is 0.0209. The standard InChI is InChI=1S/C29H39FN8O5S/c1-17(2)20(27(40)38-14-22(34-35-31)24-25(38)29(41-4,42-5)16-43-24)13-32-26(39)18-6-7-19(21(30)12-18)23-15-44-28(33-23)37-10-8-36(3)9-11-37/h6-7,12,15,17,20,22,24-25H,8-11,13-14,16H2,1-5H3,(H,32,39). The Morgan fingerprint density at radius 3 is 2.64 bits per heavy atom. The first-order valence-electron chi connectivity index (χ1n) is 14.7. The zero-order chi connectivity index (χ0) is 31.6. The van der Waals surface area contributed by atoms with E-state index in [0.717, 1.165) is 31.3 Å². The van der Waals surface area contributed by atoms with Crippen molar-refractivity contribution in [2.45, 2.75) is 37.8 Å². The summed E-state index contributed by atoms with van der Waals surface area (Å²) in [6.07, 6.45) is -0.589. The molecule has 3 aliphatic rings. The quantitative estimate of drug-likeness (QED) is 0.183. The van der Waals surface area contributed by atoms with Gasteiger partial charge in [-0.1, -0.05) is 19.0 Å². The van der Waals surface area contributed by atoms with Crippen LogP contribution in [-0.4, -0.2) is 118 Å². The van der Waals surface area contributed by atoms with Crippen LogP contribution >= 0.6 is 11.3 Å². The number of fused-ring (bicyclic) bond motifs is 1. The van der Waals surface area contributed by atoms with Gasteiger partial charge < -0.3 is 34.2 Å². The Kier molecular flexibility index (Phi) is 9.73. The van der Waals surface area contributed by atoms with Crippen molar-refractivity contribution < 1.29 is 28.2 Å². The predicted octanol–water partition coefficient (Wildman–Crippen LogP) is 2.98. The van der Waals surface area contributed by atoms with Crippen molar-refractivity contribution in [3.63, 3.8) is 0 Å². The van der Waals surface area contributed by atoms with Gasteiger partial charge in [-0.2, -0.15) is 0 Å². The van der Waals surface area contributed by atoms with E-state index in [9.17, 15) is 9.59 Å². The highest BCUT2D eigenvalue weighted by Crippen LogP contribution is 2.41. The van der Waals surface area contributed by atoms with E-state index in [1.165, 1.54) is 31.6 Å². The predicted molar refractivity (Wildman–Crippen MR) is 163 cm³/mol. The first kappa shape index (κ1) is 32.1. The van der Waals surface area contributed by atoms with Gasteiger partial charge in [0, 0.05) is 74.9 Å². The maximum atomic E-state index is 15.3. The van der Waals surface area contributed by atoms with Crippen LogP contribution in [0.3, 0.4) is 0 Å². The van der Waals surface area contributed by atoms with E-state index in [2.05, 4.69) is 37.2 Å². The number of carbonyl (C=O) groups excluding carboxylic acids is 2. The lowest BCUT2D eigenvalue weighted by Crippen LogP contribution is -2.57. The normalized spacial score (nSPS) is 23.8. The van der Waals surface area contributed by atoms with Crippen molar-refractivity contribution in [3.05, 3.63) is 45.4 Å². The molecule has 4 heterocycles. The van der Waals surface area contributed by atoms with Crippen molar-refractivity contribution >= 4 is 28.3 Å². The lowest BCUT2D eigenvalue weighted by Gasteiger charge is -2.37. The van der Waals surface area contributed by atoms with Crippen LogP contribution in [-0.2, 0) is 19.0 Å². The summed E-state index contributed by atoms with van der Waals surface area (Å²) in [6, 6.07) is 3.07. The highest BCUT2D eigenvalue weighted by Gasteiger charge is 2.61. The monoisotopic (exact) mass is 630 g/mol. The molecule has 0 bridgehead atoms. The second-order valence-corrected chi connectivity index (χ2v) is 12.6. The molecule has 2 aromatic rings. The Morgan fingerprint density at radius 1 is 1.27 bits per heavy atom. The highest BCUT2D eigenvalue weighted by atomic mass is 32.1. The molecule has 5 rings (SSSR count). The Balaban J connectivity index is 1.27. The van der Waals surface area contributed by atoms with Gasteiger partial charge in [-0.3, -0.25) is 9.59 Å². The molecule has 2 amide bonds. The maximum absolute atomic E-state index is 15.3. The van der Waals surface area contributed by atoms with Gasteiger partial charge in [0.15, 0.2) is 5.13 Å². The summed E-state index contributed by atoms with van der Waals surface area (Å²) in [5, 5.41) is 9.35. The van der Waals surface area contributed by atoms with Gasteiger partial charge in [-0.15, -0.1) is 11.3 Å². The number of azide groups is 1. The summed E-state index contributed by atoms with van der Waals surface area (Å²) in [7, 11) is 5.04. The van der Waals surface area contributed by atoms with Crippen LogP contribution in [0.25, 0.3) is 21.7 Å². The Morgan fingerprint density at radius 2 is 2.00 bits per heavy atom. The molecule has 44 heavy (non-hydrogen) atoms. The van der Waals surface area contributed by atoms with Crippen molar-refractivity contribution in [2.24, 2.45) is 17.0 Å². The van der Waals surface area contributed by atoms with Crippen LogP contribution in [0.4, 0.5) is 9.52 Å². The number of likely N-dealkylation sites (tertiary alicyclic amines) is 1. The third-order valence-corrected chi connectivity index (χ3v) is 9.79. The van der Waals surface area contributed by atoms with Crippen LogP contribution in [0.5, 0.6) is 0 Å². The molecule has 15 heteroatoms. The first-order chi connectivity index (χ1) is 21.1. The molecule has 0 saturated carbocycles. The Hall–Kier alpha value is -3.33. The number of ether oxygens (including phenoxy) is 3. The number of amides is 2. The van der Waals surface area contributed by atoms with E-state index in [-0.39, 0.29) is 37.1 Å². The first-order valence-corrected chi connectivity index (χ1v) is 15.5. The fourth-order valence-electron chi connectivity index (χ4n) is 6.15. The van der Waals surface area contributed by atoms with E-state index in [1.807, 2.05) is 19.2 Å². The fraction of sp³-hybridized carbons (Fsp3) is 0.621. The second kappa shape index (κ2) is 13.3. The molecule has 4 atom stereocenters. The zero-order valence-electron chi connectivity index (χ0n) is 25.6. The SMILES string of the molecule is COC1(OC)COC2C(N=[N+]=[N-])CN(C(=O)C(CNC(=O)c3ccc(-c4csc(N5CCN(C)CC5)n4)c(F)c3)C(C)C)C21. The van der Waals surface area contributed by atoms with Crippen LogP contribution in [0.15, 0.2) is 28.7 Å². The summed E-state index contributed by atoms with van der Waals surface area (Å²) in [5.41, 5.74) is 10.1. The van der Waals surface area contributed by atoms with Crippen LogP contribution < -0.4 is 10.2 Å². The number of nitrogens with zero attached hydrogens (tertiary/aromatic N) is 7. The topological polar surface area (TPSA) is 145 Å². The zero-order valence-corrected chi connectivity index (χ0v) is 26.4. The Bertz CT molecular complexity index is 1410. The average Bonchev–Trinajstić information content (AvgIpc) is 3.74. The van der Waals surface area contributed by atoms with E-state index in [0.29, 0.717) is 11.3 Å². The number of halogens is 1. The van der Waals surface area contributed by atoms with Crippen molar-refractivity contribution in [3.8, 4) is 11.3 Å². The molecule has 0 spiro atoms. The van der Waals surface area contributed by atoms with E-state index >= 15 is 4.39 Å². The number of piperazine rings is 1. The highest BCUT2D eigenvalue weighted by molar-refractivity contribution is 7.14. The minimum Gasteiger partial charge on any atom is -0.370 e. The van der Waals surface area contributed by atoms with Gasteiger partial charge >= 0.3 is 0 Å². The lowest BCUT2D eigenvalue weighted by atomic mass is 9.93. The number of hydrogen-bond acceptors (Lipinski definition) is 10. The number of rotatable bonds is 10. The number of hydrogen-bond donors (Lipinski definition) is 1. The fourth-order valence-corrected chi connectivity index (χ4v) is 7.03. The number of carbonyl (C=O) groups is 2. The number of nitrogens with one attached hydrogen (secondary N) is 1. The number of thiazole rings is 1. The number of methoxy groups -OCH3 is 2. The van der Waals surface area contributed by atoms with Gasteiger partial charge in [-0.25, -0.2) is 9.37 Å². The van der Waals surface area contributed by atoms with Crippen molar-refractivity contribution in [1.29, 1.82) is 0 Å². The van der Waals surface area contributed by atoms with Crippen LogP contribution in [0, 0.1) is 17.7 Å². The summed E-state index contributed by atoms with van der Waals surface area (Å²) in [5.74, 6) is -3.29. The smallest absolute Gasteiger partial charge is 0.251 e. The number of anilines is 1. The minimum atomic E-state index is -1.22. The third-order valence-electron chi connectivity index (χ3n) is 8.89. The van der Waals surface area contributed by atoms with Gasteiger partial charge in [0.25, 0.3) is 5.91 Å². The molecule has 1 aromatic carbocycles. The molecule has 3 saturated heterocycles. The molecule has 3 fully saturated rings. The number of likely N-dealkylation sites (N-methyl/N-ethyl adjacent to an activating group) is 1. The summed E-state index contributed by atoms with van der Waals surface area (Å²) < 4.78 is 32.5. The molecule has 3 aliphatic heterocycles. The second-order valence-electron chi connectivity index (χ2n) is 11.8. The molecular weight excluding hydrogens is 591 g/mol. The Labute approximate surface area is 259 Å². The van der Waals surface area contributed by atoms with Gasteiger partial charge in [0.05, 0.1) is 23.8 Å². The molecular formula is C29H39FN8O5S. The van der Waals surface area contributed by atoms with E-state index in [4.69, 9.17) is 19.7 Å². The van der Waals surface area contributed by atoms with Crippen LogP contribution in [0.1, 0.15) is 24.2 Å². The van der Waals surface area contributed by atoms with Gasteiger partial charge in [0.2, 0.25) is 11.7 Å². The van der Waals surface area contributed by atoms with Crippen molar-refractivity contribution in [1.82, 2.24) is 20.1 Å².